The molecule has 4 heteroatoms. The Morgan fingerprint density at radius 1 is 0.657 bits per heavy atom. The highest BCUT2D eigenvalue weighted by Crippen LogP contribution is 2.31. The van der Waals surface area contributed by atoms with Crippen LogP contribution in [-0.4, -0.2) is 27.4 Å². The van der Waals surface area contributed by atoms with Gasteiger partial charge < -0.3 is 14.4 Å². The van der Waals surface area contributed by atoms with Gasteiger partial charge in [-0.3, -0.25) is 0 Å². The Morgan fingerprint density at radius 3 is 1.69 bits per heavy atom. The summed E-state index contributed by atoms with van der Waals surface area (Å²) in [6, 6.07) is 40.6. The lowest BCUT2D eigenvalue weighted by Gasteiger charge is -2.22. The van der Waals surface area contributed by atoms with Crippen LogP contribution in [0.25, 0.3) is 22.5 Å². The van der Waals surface area contributed by atoms with Crippen molar-refractivity contribution in [3.8, 4) is 22.5 Å². The summed E-state index contributed by atoms with van der Waals surface area (Å²) in [5.41, 5.74) is 6.11. The maximum Gasteiger partial charge on any atom is 0.108 e. The summed E-state index contributed by atoms with van der Waals surface area (Å²) in [7, 11) is 0. The van der Waals surface area contributed by atoms with E-state index in [0.29, 0.717) is 6.54 Å². The molecule has 0 aliphatic carbocycles. The fourth-order valence-electron chi connectivity index (χ4n) is 4.35. The average molecular weight is 461 g/mol. The highest BCUT2D eigenvalue weighted by Gasteiger charge is 2.20. The number of imidazole rings is 1. The molecule has 1 aromatic heterocycles. The van der Waals surface area contributed by atoms with E-state index >= 15 is 0 Å². The monoisotopic (exact) mass is 460 g/mol. The fourth-order valence-corrected chi connectivity index (χ4v) is 4.35. The lowest BCUT2D eigenvalue weighted by Crippen LogP contribution is -2.23. The van der Waals surface area contributed by atoms with Crippen molar-refractivity contribution in [3.05, 3.63) is 139 Å². The van der Waals surface area contributed by atoms with Crippen LogP contribution in [0.1, 0.15) is 17.2 Å². The molecule has 0 bridgehead atoms. The Hall–Kier alpha value is -3.99. The lowest BCUT2D eigenvalue weighted by molar-refractivity contribution is -0.000407. The molecule has 0 saturated carbocycles. The molecule has 0 aliphatic heterocycles. The minimum Gasteiger partial charge on any atom is -0.389 e. The molecule has 0 unspecified atom stereocenters. The summed E-state index contributed by atoms with van der Waals surface area (Å²) in [4.78, 5) is 4.72. The highest BCUT2D eigenvalue weighted by molar-refractivity contribution is 5.78. The summed E-state index contributed by atoms with van der Waals surface area (Å²) in [5, 5.41) is 11.0. The molecule has 0 spiro atoms. The summed E-state index contributed by atoms with van der Waals surface area (Å²) in [6.07, 6.45) is 0.855. The van der Waals surface area contributed by atoms with E-state index in [0.717, 1.165) is 33.6 Å². The number of aliphatic hydroxyl groups is 1. The van der Waals surface area contributed by atoms with Crippen molar-refractivity contribution in [2.24, 2.45) is 0 Å². The molecule has 1 N–H and O–H groups in total. The minimum absolute atomic E-state index is 0.196. The zero-order valence-corrected chi connectivity index (χ0v) is 19.4. The van der Waals surface area contributed by atoms with Crippen LogP contribution < -0.4 is 0 Å². The van der Waals surface area contributed by atoms with Gasteiger partial charge in [-0.15, -0.1) is 0 Å². The molecule has 5 aromatic rings. The van der Waals surface area contributed by atoms with Crippen molar-refractivity contribution in [2.45, 2.75) is 18.8 Å². The van der Waals surface area contributed by atoms with E-state index in [4.69, 9.17) is 9.72 Å². The Morgan fingerprint density at radius 2 is 1.14 bits per heavy atom. The second kappa shape index (κ2) is 11.0. The second-order valence-electron chi connectivity index (χ2n) is 8.51. The van der Waals surface area contributed by atoms with Gasteiger partial charge in [-0.05, 0) is 11.1 Å². The number of rotatable bonds is 9. The molecular formula is C31H28N2O2. The minimum atomic E-state index is -0.704. The third-order valence-corrected chi connectivity index (χ3v) is 6.00. The van der Waals surface area contributed by atoms with Gasteiger partial charge in [0.2, 0.25) is 0 Å². The summed E-state index contributed by atoms with van der Waals surface area (Å²) >= 11 is 0. The predicted molar refractivity (Wildman–Crippen MR) is 140 cm³/mol. The van der Waals surface area contributed by atoms with E-state index in [1.807, 2.05) is 77.4 Å². The molecule has 174 valence electrons. The topological polar surface area (TPSA) is 47.3 Å². The molecule has 1 heterocycles. The number of aromatic nitrogens is 2. The van der Waals surface area contributed by atoms with Gasteiger partial charge in [0.05, 0.1) is 37.0 Å². The molecule has 0 saturated heterocycles. The number of benzene rings is 4. The van der Waals surface area contributed by atoms with Crippen molar-refractivity contribution in [1.82, 2.24) is 9.55 Å². The highest BCUT2D eigenvalue weighted by atomic mass is 16.5. The maximum absolute atomic E-state index is 11.0. The van der Waals surface area contributed by atoms with Crippen molar-refractivity contribution in [1.29, 1.82) is 0 Å². The Kier molecular flexibility index (Phi) is 7.13. The van der Waals surface area contributed by atoms with Crippen molar-refractivity contribution in [3.63, 3.8) is 0 Å². The molecule has 0 amide bonds. The normalized spacial score (nSPS) is 12.1. The van der Waals surface area contributed by atoms with Gasteiger partial charge in [-0.2, -0.15) is 0 Å². The molecule has 5 rings (SSSR count). The summed E-state index contributed by atoms with van der Waals surface area (Å²) < 4.78 is 8.32. The molecule has 35 heavy (non-hydrogen) atoms. The first-order valence-electron chi connectivity index (χ1n) is 11.8. The SMILES string of the molecule is O[C@@H](COC(c1ccccc1)c1ccccc1)Cn1cnc(-c2ccccc2)c1-c1ccccc1. The average Bonchev–Trinajstić information content (AvgIpc) is 3.34. The number of hydrogen-bond donors (Lipinski definition) is 1. The maximum atomic E-state index is 11.0. The third kappa shape index (κ3) is 5.40. The van der Waals surface area contributed by atoms with Gasteiger partial charge in [0.15, 0.2) is 0 Å². The van der Waals surface area contributed by atoms with Crippen LogP contribution in [0.3, 0.4) is 0 Å². The van der Waals surface area contributed by atoms with Crippen LogP contribution in [0.4, 0.5) is 0 Å². The van der Waals surface area contributed by atoms with Crippen molar-refractivity contribution in [2.75, 3.05) is 6.61 Å². The molecule has 4 nitrogen and oxygen atoms in total. The quantitative estimate of drug-likeness (QED) is 0.277. The number of aliphatic hydroxyl groups excluding tert-OH is 1. The number of hydrogen-bond acceptors (Lipinski definition) is 3. The Balaban J connectivity index is 1.38. The van der Waals surface area contributed by atoms with Gasteiger partial charge in [0.25, 0.3) is 0 Å². The fraction of sp³-hybridized carbons (Fsp3) is 0.129. The largest absolute Gasteiger partial charge is 0.389 e. The first-order chi connectivity index (χ1) is 17.3. The van der Waals surface area contributed by atoms with Crippen LogP contribution >= 0.6 is 0 Å². The van der Waals surface area contributed by atoms with Crippen LogP contribution in [0.5, 0.6) is 0 Å². The Labute approximate surface area is 206 Å². The van der Waals surface area contributed by atoms with Crippen LogP contribution in [0, 0.1) is 0 Å². The molecule has 1 atom stereocenters. The molecular weight excluding hydrogens is 432 g/mol. The second-order valence-corrected chi connectivity index (χ2v) is 8.51. The van der Waals surface area contributed by atoms with E-state index < -0.39 is 6.10 Å². The van der Waals surface area contributed by atoms with Gasteiger partial charge in [0, 0.05) is 11.1 Å². The van der Waals surface area contributed by atoms with Crippen LogP contribution in [0.15, 0.2) is 128 Å². The van der Waals surface area contributed by atoms with Crippen molar-refractivity contribution >= 4 is 0 Å². The van der Waals surface area contributed by atoms with E-state index in [1.165, 1.54) is 0 Å². The number of nitrogens with zero attached hydrogens (tertiary/aromatic N) is 2. The smallest absolute Gasteiger partial charge is 0.108 e. The van der Waals surface area contributed by atoms with Crippen molar-refractivity contribution < 1.29 is 9.84 Å². The summed E-state index contributed by atoms with van der Waals surface area (Å²) in [5.74, 6) is 0. The standard InChI is InChI=1S/C31H28N2O2/c34-28(22-35-31(26-17-9-3-10-18-26)27-19-11-4-12-20-27)21-33-23-32-29(24-13-5-1-6-14-24)30(33)25-15-7-2-8-16-25/h1-20,23,28,31,34H,21-22H2/t28-/m1/s1. The van der Waals surface area contributed by atoms with E-state index in [1.54, 1.807) is 6.33 Å². The van der Waals surface area contributed by atoms with Gasteiger partial charge in [-0.25, -0.2) is 4.98 Å². The van der Waals surface area contributed by atoms with Gasteiger partial charge >= 0.3 is 0 Å². The van der Waals surface area contributed by atoms with E-state index in [-0.39, 0.29) is 12.7 Å². The third-order valence-electron chi connectivity index (χ3n) is 6.00. The van der Waals surface area contributed by atoms with E-state index in [9.17, 15) is 5.11 Å². The van der Waals surface area contributed by atoms with Gasteiger partial charge in [-0.1, -0.05) is 121 Å². The molecule has 0 radical (unpaired) electrons. The van der Waals surface area contributed by atoms with Crippen LogP contribution in [-0.2, 0) is 11.3 Å². The summed E-state index contributed by atoms with van der Waals surface area (Å²) in [6.45, 7) is 0.571. The molecule has 4 aromatic carbocycles. The predicted octanol–water partition coefficient (Wildman–Crippen LogP) is 6.38. The zero-order valence-electron chi connectivity index (χ0n) is 19.4. The van der Waals surface area contributed by atoms with Gasteiger partial charge in [0.1, 0.15) is 6.10 Å². The van der Waals surface area contributed by atoms with Crippen LogP contribution in [0.2, 0.25) is 0 Å². The number of ether oxygens (including phenoxy) is 1. The molecule has 0 fully saturated rings. The van der Waals surface area contributed by atoms with E-state index in [2.05, 4.69) is 48.5 Å². The first kappa shape index (κ1) is 22.8. The zero-order chi connectivity index (χ0) is 23.9. The Bertz CT molecular complexity index is 1280. The first-order valence-corrected chi connectivity index (χ1v) is 11.8. The molecule has 0 aliphatic rings. The lowest BCUT2D eigenvalue weighted by atomic mass is 10.0.